The lowest BCUT2D eigenvalue weighted by atomic mass is 9.89. The molecule has 0 amide bonds. The number of nitrogens with one attached hydrogen (secondary N) is 1. The standard InChI is InChI=1S/C11H11NO3/c1-6(12)9-10(13)7-4-2-3-5-8(7)15-11(9)14/h2-5,9-10,12-13H,1H3. The zero-order valence-electron chi connectivity index (χ0n) is 8.23. The molecule has 1 aromatic rings. The monoisotopic (exact) mass is 205 g/mol. The molecule has 1 aliphatic heterocycles. The number of carbonyl (C=O) groups is 1. The van der Waals surface area contributed by atoms with E-state index in [0.29, 0.717) is 11.3 Å². The first-order valence-electron chi connectivity index (χ1n) is 4.65. The van der Waals surface area contributed by atoms with Gasteiger partial charge < -0.3 is 15.3 Å². The van der Waals surface area contributed by atoms with Crippen LogP contribution in [0.15, 0.2) is 24.3 Å². The molecule has 78 valence electrons. The Morgan fingerprint density at radius 1 is 1.47 bits per heavy atom. The zero-order valence-corrected chi connectivity index (χ0v) is 8.23. The molecule has 0 aromatic heterocycles. The highest BCUT2D eigenvalue weighted by molar-refractivity contribution is 6.01. The highest BCUT2D eigenvalue weighted by Crippen LogP contribution is 2.36. The Balaban J connectivity index is 2.47. The van der Waals surface area contributed by atoms with E-state index in [-0.39, 0.29) is 5.71 Å². The van der Waals surface area contributed by atoms with Gasteiger partial charge in [-0.2, -0.15) is 0 Å². The molecule has 2 atom stereocenters. The molecule has 0 saturated heterocycles. The summed E-state index contributed by atoms with van der Waals surface area (Å²) in [4.78, 5) is 11.5. The highest BCUT2D eigenvalue weighted by Gasteiger charge is 2.37. The van der Waals surface area contributed by atoms with Gasteiger partial charge in [0.2, 0.25) is 0 Å². The first-order valence-corrected chi connectivity index (χ1v) is 4.65. The predicted octanol–water partition coefficient (Wildman–Crippen LogP) is 1.29. The summed E-state index contributed by atoms with van der Waals surface area (Å²) in [6.45, 7) is 1.49. The van der Waals surface area contributed by atoms with Crippen molar-refractivity contribution in [2.24, 2.45) is 5.92 Å². The largest absolute Gasteiger partial charge is 0.426 e. The molecule has 4 nitrogen and oxygen atoms in total. The Hall–Kier alpha value is -1.68. The molecule has 2 unspecified atom stereocenters. The number of aliphatic hydroxyl groups is 1. The van der Waals surface area contributed by atoms with Gasteiger partial charge in [-0.25, -0.2) is 0 Å². The van der Waals surface area contributed by atoms with E-state index in [9.17, 15) is 9.90 Å². The van der Waals surface area contributed by atoms with Gasteiger partial charge in [-0.05, 0) is 13.0 Å². The first kappa shape index (κ1) is 9.86. The molecular formula is C11H11NO3. The number of para-hydroxylation sites is 1. The minimum Gasteiger partial charge on any atom is -0.426 e. The van der Waals surface area contributed by atoms with Gasteiger partial charge in [0.1, 0.15) is 17.8 Å². The summed E-state index contributed by atoms with van der Waals surface area (Å²) in [5.74, 6) is -1.05. The molecule has 15 heavy (non-hydrogen) atoms. The Bertz CT molecular complexity index is 428. The van der Waals surface area contributed by atoms with E-state index in [1.165, 1.54) is 6.92 Å². The zero-order chi connectivity index (χ0) is 11.0. The summed E-state index contributed by atoms with van der Waals surface area (Å²) in [6.07, 6.45) is -0.972. The SMILES string of the molecule is CC(=N)C1C(=O)Oc2ccccc2C1O. The second-order valence-corrected chi connectivity index (χ2v) is 3.56. The maximum atomic E-state index is 11.5. The average Bonchev–Trinajstić information content (AvgIpc) is 2.17. The van der Waals surface area contributed by atoms with Crippen LogP contribution in [0.5, 0.6) is 5.75 Å². The van der Waals surface area contributed by atoms with Crippen LogP contribution in [0.4, 0.5) is 0 Å². The molecule has 4 heteroatoms. The van der Waals surface area contributed by atoms with Gasteiger partial charge >= 0.3 is 5.97 Å². The number of esters is 1. The summed E-state index contributed by atoms with van der Waals surface area (Å²) in [5.41, 5.74) is 0.677. The van der Waals surface area contributed by atoms with Crippen LogP contribution in [0.3, 0.4) is 0 Å². The molecule has 2 N–H and O–H groups in total. The number of ether oxygens (including phenoxy) is 1. The third kappa shape index (κ3) is 1.53. The van der Waals surface area contributed by atoms with E-state index in [2.05, 4.69) is 0 Å². The molecule has 0 spiro atoms. The number of carbonyl (C=O) groups excluding carboxylic acids is 1. The van der Waals surface area contributed by atoms with Crippen molar-refractivity contribution >= 4 is 11.7 Å². The van der Waals surface area contributed by atoms with Crippen molar-refractivity contribution in [3.8, 4) is 5.75 Å². The van der Waals surface area contributed by atoms with Gasteiger partial charge in [0.25, 0.3) is 0 Å². The molecule has 0 radical (unpaired) electrons. The fourth-order valence-corrected chi connectivity index (χ4v) is 1.71. The average molecular weight is 205 g/mol. The van der Waals surface area contributed by atoms with Crippen LogP contribution in [-0.2, 0) is 4.79 Å². The quantitative estimate of drug-likeness (QED) is 0.412. The van der Waals surface area contributed by atoms with Crippen LogP contribution >= 0.6 is 0 Å². The number of aliphatic hydroxyl groups excluding tert-OH is 1. The second-order valence-electron chi connectivity index (χ2n) is 3.56. The molecule has 0 fully saturated rings. The van der Waals surface area contributed by atoms with Crippen molar-refractivity contribution in [1.29, 1.82) is 5.41 Å². The van der Waals surface area contributed by atoms with E-state index < -0.39 is 18.0 Å². The lowest BCUT2D eigenvalue weighted by molar-refractivity contribution is -0.141. The topological polar surface area (TPSA) is 70.4 Å². The van der Waals surface area contributed by atoms with Gasteiger partial charge in [-0.15, -0.1) is 0 Å². The van der Waals surface area contributed by atoms with Crippen molar-refractivity contribution in [2.75, 3.05) is 0 Å². The normalized spacial score (nSPS) is 24.3. The fourth-order valence-electron chi connectivity index (χ4n) is 1.71. The van der Waals surface area contributed by atoms with Crippen LogP contribution < -0.4 is 4.74 Å². The van der Waals surface area contributed by atoms with Crippen LogP contribution in [0.25, 0.3) is 0 Å². The Morgan fingerprint density at radius 2 is 2.13 bits per heavy atom. The summed E-state index contributed by atoms with van der Waals surface area (Å²) in [5, 5.41) is 17.4. The summed E-state index contributed by atoms with van der Waals surface area (Å²) >= 11 is 0. The van der Waals surface area contributed by atoms with Gasteiger partial charge in [-0.1, -0.05) is 18.2 Å². The summed E-state index contributed by atoms with van der Waals surface area (Å²) in [6, 6.07) is 6.82. The molecule has 0 saturated carbocycles. The van der Waals surface area contributed by atoms with Gasteiger partial charge in [-0.3, -0.25) is 4.79 Å². The van der Waals surface area contributed by atoms with E-state index in [1.54, 1.807) is 24.3 Å². The Kier molecular flexibility index (Phi) is 2.28. The lowest BCUT2D eigenvalue weighted by Crippen LogP contribution is -2.35. The minimum atomic E-state index is -0.972. The maximum absolute atomic E-state index is 11.5. The number of benzene rings is 1. The van der Waals surface area contributed by atoms with E-state index in [4.69, 9.17) is 10.1 Å². The number of fused-ring (bicyclic) bond motifs is 1. The molecule has 2 rings (SSSR count). The van der Waals surface area contributed by atoms with Gasteiger partial charge in [0.05, 0.1) is 0 Å². The molecule has 1 heterocycles. The smallest absolute Gasteiger partial charge is 0.323 e. The highest BCUT2D eigenvalue weighted by atomic mass is 16.5. The Labute approximate surface area is 87.0 Å². The number of hydrogen-bond donors (Lipinski definition) is 2. The molecule has 0 bridgehead atoms. The molecule has 1 aliphatic rings. The van der Waals surface area contributed by atoms with Gasteiger partial charge in [0, 0.05) is 11.3 Å². The van der Waals surface area contributed by atoms with Crippen LogP contribution in [0.1, 0.15) is 18.6 Å². The van der Waals surface area contributed by atoms with E-state index in [0.717, 1.165) is 0 Å². The lowest BCUT2D eigenvalue weighted by Gasteiger charge is -2.27. The van der Waals surface area contributed by atoms with Crippen LogP contribution in [-0.4, -0.2) is 16.8 Å². The van der Waals surface area contributed by atoms with Crippen molar-refractivity contribution in [3.63, 3.8) is 0 Å². The third-order valence-corrected chi connectivity index (χ3v) is 2.48. The second kappa shape index (κ2) is 3.47. The number of hydrogen-bond acceptors (Lipinski definition) is 4. The van der Waals surface area contributed by atoms with Crippen molar-refractivity contribution in [1.82, 2.24) is 0 Å². The fraction of sp³-hybridized carbons (Fsp3) is 0.273. The van der Waals surface area contributed by atoms with Crippen molar-refractivity contribution < 1.29 is 14.6 Å². The van der Waals surface area contributed by atoms with Crippen molar-refractivity contribution in [3.05, 3.63) is 29.8 Å². The molecular weight excluding hydrogens is 194 g/mol. The van der Waals surface area contributed by atoms with E-state index >= 15 is 0 Å². The maximum Gasteiger partial charge on any atom is 0.323 e. The third-order valence-electron chi connectivity index (χ3n) is 2.48. The predicted molar refractivity (Wildman–Crippen MR) is 53.9 cm³/mol. The summed E-state index contributed by atoms with van der Waals surface area (Å²) < 4.78 is 5.04. The molecule has 0 aliphatic carbocycles. The summed E-state index contributed by atoms with van der Waals surface area (Å²) in [7, 11) is 0. The van der Waals surface area contributed by atoms with Crippen LogP contribution in [0, 0.1) is 11.3 Å². The number of rotatable bonds is 1. The van der Waals surface area contributed by atoms with E-state index in [1.807, 2.05) is 0 Å². The first-order chi connectivity index (χ1) is 7.11. The Morgan fingerprint density at radius 3 is 2.80 bits per heavy atom. The molecule has 1 aromatic carbocycles. The van der Waals surface area contributed by atoms with Crippen molar-refractivity contribution in [2.45, 2.75) is 13.0 Å². The van der Waals surface area contributed by atoms with Crippen LogP contribution in [0.2, 0.25) is 0 Å². The van der Waals surface area contributed by atoms with Gasteiger partial charge in [0.15, 0.2) is 0 Å². The minimum absolute atomic E-state index is 0.113.